The molecule has 0 radical (unpaired) electrons. The van der Waals surface area contributed by atoms with Gasteiger partial charge in [-0.3, -0.25) is 9.59 Å². The van der Waals surface area contributed by atoms with Crippen LogP contribution in [0.4, 0.5) is 5.69 Å². The van der Waals surface area contributed by atoms with E-state index in [1.807, 2.05) is 24.3 Å². The Morgan fingerprint density at radius 1 is 1.00 bits per heavy atom. The van der Waals surface area contributed by atoms with Crippen molar-refractivity contribution in [2.75, 3.05) is 5.32 Å². The molecule has 0 aliphatic rings. The lowest BCUT2D eigenvalue weighted by Gasteiger charge is -2.10. The molecule has 0 saturated heterocycles. The Bertz CT molecular complexity index is 699. The van der Waals surface area contributed by atoms with Crippen molar-refractivity contribution in [3.8, 4) is 0 Å². The third-order valence-corrected chi connectivity index (χ3v) is 4.22. The SMILES string of the molecule is NC(=O)Cc1ccccc1NC(=O)CCCCc1ccc(Br)cc1. The number of carbonyl (C=O) groups is 2. The zero-order chi connectivity index (χ0) is 17.4. The van der Waals surface area contributed by atoms with Crippen LogP contribution in [0.25, 0.3) is 0 Å². The lowest BCUT2D eigenvalue weighted by molar-refractivity contribution is -0.118. The summed E-state index contributed by atoms with van der Waals surface area (Å²) in [5.41, 5.74) is 7.91. The number of nitrogens with one attached hydrogen (secondary N) is 1. The summed E-state index contributed by atoms with van der Waals surface area (Å²) in [6.07, 6.45) is 3.32. The van der Waals surface area contributed by atoms with Gasteiger partial charge in [0, 0.05) is 16.6 Å². The summed E-state index contributed by atoms with van der Waals surface area (Å²) in [5.74, 6) is -0.450. The summed E-state index contributed by atoms with van der Waals surface area (Å²) in [5, 5.41) is 2.87. The molecular formula is C19H21BrN2O2. The van der Waals surface area contributed by atoms with Gasteiger partial charge in [0.1, 0.15) is 0 Å². The van der Waals surface area contributed by atoms with E-state index >= 15 is 0 Å². The first-order valence-electron chi connectivity index (χ1n) is 7.95. The van der Waals surface area contributed by atoms with Crippen LogP contribution >= 0.6 is 15.9 Å². The van der Waals surface area contributed by atoms with Crippen LogP contribution in [-0.2, 0) is 22.4 Å². The smallest absolute Gasteiger partial charge is 0.224 e. The first kappa shape index (κ1) is 18.2. The van der Waals surface area contributed by atoms with Gasteiger partial charge in [0.25, 0.3) is 0 Å². The molecule has 0 aliphatic heterocycles. The van der Waals surface area contributed by atoms with E-state index in [1.54, 1.807) is 12.1 Å². The Kier molecular flexibility index (Phi) is 7.00. The average molecular weight is 389 g/mol. The number of para-hydroxylation sites is 1. The highest BCUT2D eigenvalue weighted by Gasteiger charge is 2.08. The molecule has 0 heterocycles. The van der Waals surface area contributed by atoms with Crippen LogP contribution in [-0.4, -0.2) is 11.8 Å². The number of nitrogens with two attached hydrogens (primary N) is 1. The second kappa shape index (κ2) is 9.23. The fourth-order valence-corrected chi connectivity index (χ4v) is 2.73. The topological polar surface area (TPSA) is 72.2 Å². The minimum Gasteiger partial charge on any atom is -0.369 e. The van der Waals surface area contributed by atoms with Crippen LogP contribution < -0.4 is 11.1 Å². The van der Waals surface area contributed by atoms with E-state index in [9.17, 15) is 9.59 Å². The summed E-state index contributed by atoms with van der Waals surface area (Å²) in [6.45, 7) is 0. The van der Waals surface area contributed by atoms with Crippen molar-refractivity contribution in [1.82, 2.24) is 0 Å². The number of benzene rings is 2. The van der Waals surface area contributed by atoms with Gasteiger partial charge < -0.3 is 11.1 Å². The van der Waals surface area contributed by atoms with Crippen molar-refractivity contribution in [2.45, 2.75) is 32.1 Å². The van der Waals surface area contributed by atoms with Crippen LogP contribution in [0.3, 0.4) is 0 Å². The van der Waals surface area contributed by atoms with Gasteiger partial charge in [-0.1, -0.05) is 46.3 Å². The molecule has 126 valence electrons. The Morgan fingerprint density at radius 3 is 2.42 bits per heavy atom. The maximum absolute atomic E-state index is 12.1. The predicted molar refractivity (Wildman–Crippen MR) is 99.7 cm³/mol. The van der Waals surface area contributed by atoms with E-state index in [0.29, 0.717) is 12.1 Å². The molecule has 0 bridgehead atoms. The quantitative estimate of drug-likeness (QED) is 0.674. The van der Waals surface area contributed by atoms with Gasteiger partial charge in [0.15, 0.2) is 0 Å². The largest absolute Gasteiger partial charge is 0.369 e. The molecule has 0 atom stereocenters. The van der Waals surface area contributed by atoms with Gasteiger partial charge in [0.05, 0.1) is 6.42 Å². The zero-order valence-electron chi connectivity index (χ0n) is 13.4. The third kappa shape index (κ3) is 6.16. The molecule has 24 heavy (non-hydrogen) atoms. The first-order valence-corrected chi connectivity index (χ1v) is 8.74. The summed E-state index contributed by atoms with van der Waals surface area (Å²) >= 11 is 3.42. The van der Waals surface area contributed by atoms with Crippen molar-refractivity contribution < 1.29 is 9.59 Å². The second-order valence-corrected chi connectivity index (χ2v) is 6.60. The lowest BCUT2D eigenvalue weighted by atomic mass is 10.1. The molecule has 0 fully saturated rings. The minimum atomic E-state index is -0.411. The number of unbranched alkanes of at least 4 members (excludes halogenated alkanes) is 1. The highest BCUT2D eigenvalue weighted by atomic mass is 79.9. The highest BCUT2D eigenvalue weighted by Crippen LogP contribution is 2.17. The molecule has 4 nitrogen and oxygen atoms in total. The fraction of sp³-hybridized carbons (Fsp3) is 0.263. The van der Waals surface area contributed by atoms with Crippen LogP contribution in [0, 0.1) is 0 Å². The van der Waals surface area contributed by atoms with E-state index < -0.39 is 5.91 Å². The van der Waals surface area contributed by atoms with E-state index in [2.05, 4.69) is 33.4 Å². The Hall–Kier alpha value is -2.14. The van der Waals surface area contributed by atoms with Gasteiger partial charge in [-0.25, -0.2) is 0 Å². The number of primary amides is 1. The molecule has 2 rings (SSSR count). The molecule has 5 heteroatoms. The fourth-order valence-electron chi connectivity index (χ4n) is 2.46. The molecular weight excluding hydrogens is 368 g/mol. The zero-order valence-corrected chi connectivity index (χ0v) is 15.0. The molecule has 0 saturated carbocycles. The van der Waals surface area contributed by atoms with E-state index in [1.165, 1.54) is 5.56 Å². The van der Waals surface area contributed by atoms with E-state index in [4.69, 9.17) is 5.73 Å². The third-order valence-electron chi connectivity index (χ3n) is 3.69. The number of aryl methyl sites for hydroxylation is 1. The maximum Gasteiger partial charge on any atom is 0.224 e. The predicted octanol–water partition coefficient (Wildman–Crippen LogP) is 3.83. The van der Waals surface area contributed by atoms with Crippen molar-refractivity contribution >= 4 is 33.4 Å². The number of anilines is 1. The van der Waals surface area contributed by atoms with Gasteiger partial charge in [0.2, 0.25) is 11.8 Å². The summed E-state index contributed by atoms with van der Waals surface area (Å²) in [7, 11) is 0. The average Bonchev–Trinajstić information content (AvgIpc) is 2.55. The lowest BCUT2D eigenvalue weighted by Crippen LogP contribution is -2.17. The molecule has 2 aromatic rings. The van der Waals surface area contributed by atoms with Crippen LogP contribution in [0.2, 0.25) is 0 Å². The van der Waals surface area contributed by atoms with Gasteiger partial charge in [-0.15, -0.1) is 0 Å². The van der Waals surface area contributed by atoms with Crippen molar-refractivity contribution in [3.63, 3.8) is 0 Å². The number of halogens is 1. The number of carbonyl (C=O) groups excluding carboxylic acids is 2. The summed E-state index contributed by atoms with van der Waals surface area (Å²) < 4.78 is 1.07. The molecule has 2 amide bonds. The van der Waals surface area contributed by atoms with Gasteiger partial charge >= 0.3 is 0 Å². The van der Waals surface area contributed by atoms with Gasteiger partial charge in [-0.2, -0.15) is 0 Å². The maximum atomic E-state index is 12.1. The van der Waals surface area contributed by atoms with Crippen LogP contribution in [0.1, 0.15) is 30.4 Å². The highest BCUT2D eigenvalue weighted by molar-refractivity contribution is 9.10. The standard InChI is InChI=1S/C19H21BrN2O2/c20-16-11-9-14(10-12-16)5-1-4-8-19(24)22-17-7-3-2-6-15(17)13-18(21)23/h2-3,6-7,9-12H,1,4-5,8,13H2,(H2,21,23)(H,22,24). The van der Waals surface area contributed by atoms with E-state index in [0.717, 1.165) is 29.3 Å². The Morgan fingerprint density at radius 2 is 1.71 bits per heavy atom. The van der Waals surface area contributed by atoms with Crippen molar-refractivity contribution in [2.24, 2.45) is 5.73 Å². The molecule has 0 aromatic heterocycles. The molecule has 0 aliphatic carbocycles. The number of amides is 2. The molecule has 0 spiro atoms. The Labute approximate surface area is 150 Å². The second-order valence-electron chi connectivity index (χ2n) is 5.68. The monoisotopic (exact) mass is 388 g/mol. The number of hydrogen-bond donors (Lipinski definition) is 2. The Balaban J connectivity index is 1.77. The molecule has 3 N–H and O–H groups in total. The summed E-state index contributed by atoms with van der Waals surface area (Å²) in [4.78, 5) is 23.2. The van der Waals surface area contributed by atoms with Crippen LogP contribution in [0.15, 0.2) is 53.0 Å². The summed E-state index contributed by atoms with van der Waals surface area (Å²) in [6, 6.07) is 15.5. The number of rotatable bonds is 8. The van der Waals surface area contributed by atoms with Crippen LogP contribution in [0.5, 0.6) is 0 Å². The van der Waals surface area contributed by atoms with Gasteiger partial charge in [-0.05, 0) is 48.6 Å². The molecule has 0 unspecified atom stereocenters. The number of hydrogen-bond acceptors (Lipinski definition) is 2. The first-order chi connectivity index (χ1) is 11.5. The normalized spacial score (nSPS) is 10.4. The van der Waals surface area contributed by atoms with Crippen molar-refractivity contribution in [1.29, 1.82) is 0 Å². The van der Waals surface area contributed by atoms with E-state index in [-0.39, 0.29) is 12.3 Å². The van der Waals surface area contributed by atoms with Crippen molar-refractivity contribution in [3.05, 3.63) is 64.1 Å². The molecule has 2 aromatic carbocycles. The minimum absolute atomic E-state index is 0.0391.